The molecule has 0 spiro atoms. The van der Waals surface area contributed by atoms with Gasteiger partial charge in [-0.3, -0.25) is 9.69 Å². The topological polar surface area (TPSA) is 62.5 Å². The number of amides is 1. The van der Waals surface area contributed by atoms with E-state index in [0.29, 0.717) is 30.3 Å². The Labute approximate surface area is 131 Å². The van der Waals surface area contributed by atoms with Gasteiger partial charge < -0.3 is 9.32 Å². The second-order valence-electron chi connectivity index (χ2n) is 6.61. The van der Waals surface area contributed by atoms with Crippen LogP contribution in [0.5, 0.6) is 0 Å². The number of allylic oxidation sites excluding steroid dienone is 1. The van der Waals surface area contributed by atoms with Crippen LogP contribution in [0.3, 0.4) is 0 Å². The maximum Gasteiger partial charge on any atom is 0.230 e. The normalized spacial score (nSPS) is 25.4. The van der Waals surface area contributed by atoms with Crippen LogP contribution in [0, 0.1) is 12.8 Å². The smallest absolute Gasteiger partial charge is 0.230 e. The summed E-state index contributed by atoms with van der Waals surface area (Å²) >= 11 is 0. The number of piperidine rings is 1. The number of nitrogens with zero attached hydrogens (tertiary/aromatic N) is 4. The van der Waals surface area contributed by atoms with E-state index in [1.54, 1.807) is 6.92 Å². The third kappa shape index (κ3) is 3.21. The average molecular weight is 304 g/mol. The summed E-state index contributed by atoms with van der Waals surface area (Å²) in [6.45, 7) is 9.00. The molecule has 0 N–H and O–H groups in total. The van der Waals surface area contributed by atoms with Gasteiger partial charge in [0, 0.05) is 32.6 Å². The number of fused-ring (bicyclic) bond motifs is 4. The Hall–Kier alpha value is -1.69. The molecule has 6 nitrogen and oxygen atoms in total. The minimum Gasteiger partial charge on any atom is -0.424 e. The van der Waals surface area contributed by atoms with E-state index in [-0.39, 0.29) is 5.92 Å². The zero-order chi connectivity index (χ0) is 15.7. The third-order valence-corrected chi connectivity index (χ3v) is 4.49. The van der Waals surface area contributed by atoms with Gasteiger partial charge in [-0.1, -0.05) is 11.6 Å². The standard InChI is InChI=1S/C16H24N4O2/c1-11(2)6-7-20-14-5-4-13(16(20)21)8-19(9-14)10-15-18-17-12(3)22-15/h6,13-14H,4-5,7-10H2,1-3H3/t13-,14+/m1/s1. The quantitative estimate of drug-likeness (QED) is 0.793. The van der Waals surface area contributed by atoms with E-state index in [1.807, 2.05) is 0 Å². The van der Waals surface area contributed by atoms with Gasteiger partial charge in [0.25, 0.3) is 0 Å². The number of aryl methyl sites for hydroxylation is 1. The van der Waals surface area contributed by atoms with Crippen molar-refractivity contribution in [1.29, 1.82) is 0 Å². The van der Waals surface area contributed by atoms with Crippen molar-refractivity contribution in [2.75, 3.05) is 19.6 Å². The van der Waals surface area contributed by atoms with Crippen molar-refractivity contribution >= 4 is 5.91 Å². The number of aromatic nitrogens is 2. The Morgan fingerprint density at radius 3 is 2.82 bits per heavy atom. The van der Waals surface area contributed by atoms with E-state index < -0.39 is 0 Å². The molecule has 0 radical (unpaired) electrons. The number of hydrogen-bond acceptors (Lipinski definition) is 5. The molecule has 2 bridgehead atoms. The summed E-state index contributed by atoms with van der Waals surface area (Å²) in [7, 11) is 0. The van der Waals surface area contributed by atoms with Gasteiger partial charge >= 0.3 is 0 Å². The summed E-state index contributed by atoms with van der Waals surface area (Å²) in [6.07, 6.45) is 4.23. The Kier molecular flexibility index (Phi) is 4.29. The van der Waals surface area contributed by atoms with E-state index in [0.717, 1.165) is 32.5 Å². The molecule has 0 unspecified atom stereocenters. The number of carbonyl (C=O) groups is 1. The van der Waals surface area contributed by atoms with E-state index >= 15 is 0 Å². The molecule has 4 heterocycles. The first-order valence-corrected chi connectivity index (χ1v) is 7.98. The van der Waals surface area contributed by atoms with Crippen LogP contribution in [0.1, 0.15) is 38.5 Å². The Balaban J connectivity index is 1.71. The largest absolute Gasteiger partial charge is 0.424 e. The molecular weight excluding hydrogens is 280 g/mol. The Bertz CT molecular complexity index is 576. The van der Waals surface area contributed by atoms with Crippen LogP contribution in [0.2, 0.25) is 0 Å². The Morgan fingerprint density at radius 2 is 2.14 bits per heavy atom. The molecule has 6 heteroatoms. The van der Waals surface area contributed by atoms with Gasteiger partial charge in [-0.2, -0.15) is 0 Å². The van der Waals surface area contributed by atoms with Crippen LogP contribution in [-0.4, -0.2) is 51.6 Å². The molecule has 2 atom stereocenters. The zero-order valence-electron chi connectivity index (χ0n) is 13.6. The molecular formula is C16H24N4O2. The maximum absolute atomic E-state index is 12.6. The molecule has 1 amide bonds. The molecule has 120 valence electrons. The van der Waals surface area contributed by atoms with Crippen molar-refractivity contribution in [1.82, 2.24) is 20.0 Å². The van der Waals surface area contributed by atoms with Gasteiger partial charge in [0.1, 0.15) is 0 Å². The van der Waals surface area contributed by atoms with Crippen molar-refractivity contribution in [3.63, 3.8) is 0 Å². The van der Waals surface area contributed by atoms with Gasteiger partial charge in [-0.25, -0.2) is 0 Å². The summed E-state index contributed by atoms with van der Waals surface area (Å²) in [5.41, 5.74) is 1.26. The second kappa shape index (κ2) is 6.20. The van der Waals surface area contributed by atoms with Gasteiger partial charge in [0.15, 0.2) is 0 Å². The summed E-state index contributed by atoms with van der Waals surface area (Å²) in [5, 5.41) is 7.95. The fraction of sp³-hybridized carbons (Fsp3) is 0.688. The van der Waals surface area contributed by atoms with Gasteiger partial charge in [0.05, 0.1) is 12.5 Å². The van der Waals surface area contributed by atoms with E-state index in [2.05, 4.69) is 39.9 Å². The maximum atomic E-state index is 12.6. The summed E-state index contributed by atoms with van der Waals surface area (Å²) in [6, 6.07) is 0.297. The summed E-state index contributed by atoms with van der Waals surface area (Å²) < 4.78 is 5.48. The minimum atomic E-state index is 0.105. The number of hydrogen-bond donors (Lipinski definition) is 0. The molecule has 22 heavy (non-hydrogen) atoms. The predicted molar refractivity (Wildman–Crippen MR) is 82.0 cm³/mol. The summed E-state index contributed by atoms with van der Waals surface area (Å²) in [5.74, 6) is 1.64. The molecule has 3 aliphatic heterocycles. The Morgan fingerprint density at radius 1 is 1.32 bits per heavy atom. The van der Waals surface area contributed by atoms with E-state index in [9.17, 15) is 4.79 Å². The molecule has 4 rings (SSSR count). The van der Waals surface area contributed by atoms with Crippen LogP contribution in [-0.2, 0) is 11.3 Å². The van der Waals surface area contributed by atoms with Crippen LogP contribution in [0.15, 0.2) is 16.1 Å². The van der Waals surface area contributed by atoms with Crippen LogP contribution < -0.4 is 0 Å². The monoisotopic (exact) mass is 304 g/mol. The molecule has 3 fully saturated rings. The average Bonchev–Trinajstić information content (AvgIpc) is 2.69. The van der Waals surface area contributed by atoms with Crippen LogP contribution in [0.25, 0.3) is 0 Å². The lowest BCUT2D eigenvalue weighted by molar-refractivity contribution is -0.139. The van der Waals surface area contributed by atoms with Crippen LogP contribution >= 0.6 is 0 Å². The highest BCUT2D eigenvalue weighted by Crippen LogP contribution is 2.29. The molecule has 3 saturated heterocycles. The van der Waals surface area contributed by atoms with Crippen molar-refractivity contribution in [2.24, 2.45) is 5.92 Å². The summed E-state index contributed by atoms with van der Waals surface area (Å²) in [4.78, 5) is 17.0. The fourth-order valence-corrected chi connectivity index (χ4v) is 3.37. The van der Waals surface area contributed by atoms with Gasteiger partial charge in [0.2, 0.25) is 17.7 Å². The number of carbonyl (C=O) groups excluding carboxylic acids is 1. The molecule has 0 aromatic carbocycles. The lowest BCUT2D eigenvalue weighted by Crippen LogP contribution is -2.47. The molecule has 3 aliphatic rings. The molecule has 1 aromatic rings. The lowest BCUT2D eigenvalue weighted by atomic mass is 9.94. The molecule has 0 aliphatic carbocycles. The van der Waals surface area contributed by atoms with E-state index in [1.165, 1.54) is 5.57 Å². The lowest BCUT2D eigenvalue weighted by Gasteiger charge is -2.35. The fourth-order valence-electron chi connectivity index (χ4n) is 3.37. The van der Waals surface area contributed by atoms with Crippen molar-refractivity contribution in [2.45, 2.75) is 46.2 Å². The minimum absolute atomic E-state index is 0.105. The highest BCUT2D eigenvalue weighted by Gasteiger charge is 2.40. The van der Waals surface area contributed by atoms with Crippen LogP contribution in [0.4, 0.5) is 0 Å². The highest BCUT2D eigenvalue weighted by molar-refractivity contribution is 5.80. The van der Waals surface area contributed by atoms with Crippen molar-refractivity contribution < 1.29 is 9.21 Å². The van der Waals surface area contributed by atoms with Gasteiger partial charge in [-0.15, -0.1) is 10.2 Å². The first-order valence-electron chi connectivity index (χ1n) is 7.98. The molecule has 0 saturated carbocycles. The first-order chi connectivity index (χ1) is 10.5. The van der Waals surface area contributed by atoms with Crippen molar-refractivity contribution in [3.05, 3.63) is 23.4 Å². The second-order valence-corrected chi connectivity index (χ2v) is 6.61. The SMILES string of the molecule is CC(C)=CCN1C(=O)[C@@H]2CC[C@H]1CN(Cc1nnc(C)o1)C2. The number of rotatable bonds is 4. The highest BCUT2D eigenvalue weighted by atomic mass is 16.4. The van der Waals surface area contributed by atoms with Gasteiger partial charge in [-0.05, 0) is 26.7 Å². The van der Waals surface area contributed by atoms with Crippen molar-refractivity contribution in [3.8, 4) is 0 Å². The predicted octanol–water partition coefficient (Wildman–Crippen LogP) is 1.77. The molecule has 1 aromatic heterocycles. The zero-order valence-corrected chi connectivity index (χ0v) is 13.6. The third-order valence-electron chi connectivity index (χ3n) is 4.49. The first kappa shape index (κ1) is 15.2. The van der Waals surface area contributed by atoms with E-state index in [4.69, 9.17) is 4.42 Å².